The van der Waals surface area contributed by atoms with E-state index in [0.29, 0.717) is 0 Å². The molecule has 0 spiro atoms. The molecule has 0 atom stereocenters. The molecule has 186 valence electrons. The maximum absolute atomic E-state index is 6.92. The molecule has 0 bridgehead atoms. The first-order chi connectivity index (χ1) is 21.2. The van der Waals surface area contributed by atoms with E-state index in [-0.39, 0.29) is 120 Å². The fourth-order valence-electron chi connectivity index (χ4n) is 6.31. The van der Waals surface area contributed by atoms with Gasteiger partial charge in [-0.1, -0.05) is 43.7 Å². The van der Waals surface area contributed by atoms with Gasteiger partial charge in [0.1, 0.15) is 110 Å². The van der Waals surface area contributed by atoms with Crippen molar-refractivity contribution < 1.29 is 9.31 Å². The Kier molecular flexibility index (Phi) is 7.82. The van der Waals surface area contributed by atoms with E-state index in [1.54, 1.807) is 0 Å². The number of nitrogens with zero attached hydrogens (tertiary/aromatic N) is 1. The van der Waals surface area contributed by atoms with Gasteiger partial charge in [-0.2, -0.15) is 0 Å². The lowest BCUT2D eigenvalue weighted by Crippen LogP contribution is -2.62. The Bertz CT molecular complexity index is 2180. The van der Waals surface area contributed by atoms with E-state index in [2.05, 4.69) is 0 Å². The van der Waals surface area contributed by atoms with Gasteiger partial charge < -0.3 is 13.9 Å². The van der Waals surface area contributed by atoms with Crippen molar-refractivity contribution in [1.29, 1.82) is 0 Å². The summed E-state index contributed by atoms with van der Waals surface area (Å²) in [6.07, 6.45) is 0. The van der Waals surface area contributed by atoms with E-state index >= 15 is 0 Å². The van der Waals surface area contributed by atoms with Gasteiger partial charge >= 0.3 is 7.12 Å². The monoisotopic (exact) mass is 559 g/mol. The molecule has 0 N–H and O–H groups in total. The van der Waals surface area contributed by atoms with E-state index in [4.69, 9.17) is 119 Å². The minimum atomic E-state index is -0.987. The first-order valence-electron chi connectivity index (χ1n) is 14.1. The SMILES string of the molecule is [B]c1c([B])c(-n2c3c([B])c([B])c([B])c([B])c3c3c([B])c4c([B])c([B])c([B])c([B])c4c([B])c32)c([B])c([B])c1B1OC(C)(C)C(C)(C)O1. The molecular formula is C28H12B15NO2. The summed E-state index contributed by atoms with van der Waals surface area (Å²) in [5.41, 5.74) is -0.171. The second-order valence-corrected chi connectivity index (χ2v) is 12.7. The van der Waals surface area contributed by atoms with Crippen LogP contribution in [0.15, 0.2) is 0 Å². The van der Waals surface area contributed by atoms with Gasteiger partial charge in [-0.15, -0.1) is 32.8 Å². The highest BCUT2D eigenvalue weighted by atomic mass is 16.7. The highest BCUT2D eigenvalue weighted by Crippen LogP contribution is 2.36. The van der Waals surface area contributed by atoms with Gasteiger partial charge in [-0.3, -0.25) is 0 Å². The summed E-state index contributed by atoms with van der Waals surface area (Å²) in [7, 11) is 91.1. The Balaban J connectivity index is 1.87. The van der Waals surface area contributed by atoms with Crippen LogP contribution in [0.3, 0.4) is 0 Å². The van der Waals surface area contributed by atoms with Crippen LogP contribution in [0.25, 0.3) is 38.3 Å². The molecule has 0 amide bonds. The molecule has 28 radical (unpaired) electrons. The van der Waals surface area contributed by atoms with Crippen molar-refractivity contribution >= 4 is 231 Å². The summed E-state index contributed by atoms with van der Waals surface area (Å²) in [4.78, 5) is 0. The number of rotatable bonds is 2. The second-order valence-electron chi connectivity index (χ2n) is 12.7. The summed E-state index contributed by atoms with van der Waals surface area (Å²) in [5, 5.41) is 1.04. The van der Waals surface area contributed by atoms with Gasteiger partial charge in [0.05, 0.1) is 11.2 Å². The molecule has 1 aliphatic heterocycles. The molecule has 2 heterocycles. The van der Waals surface area contributed by atoms with Crippen LogP contribution in [0.1, 0.15) is 27.7 Å². The topological polar surface area (TPSA) is 23.4 Å². The molecule has 1 fully saturated rings. The fraction of sp³-hybridized carbons (Fsp3) is 0.214. The third kappa shape index (κ3) is 4.20. The second kappa shape index (κ2) is 10.7. The third-order valence-electron chi connectivity index (χ3n) is 9.67. The molecule has 0 saturated carbocycles. The summed E-state index contributed by atoms with van der Waals surface area (Å²) in [5.74, 6) is 0. The Hall–Kier alpha value is -2.17. The summed E-state index contributed by atoms with van der Waals surface area (Å²) in [6.45, 7) is 7.55. The quantitative estimate of drug-likeness (QED) is 0.202. The van der Waals surface area contributed by atoms with Crippen LogP contribution >= 0.6 is 0 Å². The van der Waals surface area contributed by atoms with E-state index in [9.17, 15) is 0 Å². The van der Waals surface area contributed by atoms with Crippen molar-refractivity contribution in [1.82, 2.24) is 4.57 Å². The number of benzene rings is 4. The average Bonchev–Trinajstić information content (AvgIpc) is 3.44. The van der Waals surface area contributed by atoms with Crippen molar-refractivity contribution in [2.75, 3.05) is 0 Å². The van der Waals surface area contributed by atoms with E-state index in [0.717, 1.165) is 0 Å². The first-order valence-corrected chi connectivity index (χ1v) is 14.1. The Morgan fingerprint density at radius 3 is 1.20 bits per heavy atom. The van der Waals surface area contributed by atoms with Crippen LogP contribution in [-0.2, 0) is 9.31 Å². The van der Waals surface area contributed by atoms with Gasteiger partial charge in [0.2, 0.25) is 0 Å². The lowest BCUT2D eigenvalue weighted by Gasteiger charge is -2.32. The highest BCUT2D eigenvalue weighted by Gasteiger charge is 2.52. The zero-order valence-electron chi connectivity index (χ0n) is 25.9. The van der Waals surface area contributed by atoms with Crippen LogP contribution in [0.4, 0.5) is 0 Å². The van der Waals surface area contributed by atoms with Crippen molar-refractivity contribution in [3.63, 3.8) is 0 Å². The van der Waals surface area contributed by atoms with Crippen LogP contribution in [0.2, 0.25) is 0 Å². The molecule has 1 saturated heterocycles. The molecule has 0 aliphatic carbocycles. The largest absolute Gasteiger partial charge is 0.493 e. The normalized spacial score (nSPS) is 15.9. The van der Waals surface area contributed by atoms with Gasteiger partial charge in [-0.05, 0) is 49.3 Å². The van der Waals surface area contributed by atoms with Crippen LogP contribution in [0.5, 0.6) is 0 Å². The number of aromatic nitrogens is 1. The molecule has 46 heavy (non-hydrogen) atoms. The van der Waals surface area contributed by atoms with E-state index < -0.39 is 18.3 Å². The van der Waals surface area contributed by atoms with Gasteiger partial charge in [0, 0.05) is 22.1 Å². The lowest BCUT2D eigenvalue weighted by atomic mass is 9.57. The number of hydrogen-bond acceptors (Lipinski definition) is 2. The average molecular weight is 557 g/mol. The predicted octanol–water partition coefficient (Wildman–Crippen LogP) is -10.7. The van der Waals surface area contributed by atoms with Gasteiger partial charge in [0.25, 0.3) is 0 Å². The molecule has 1 aliphatic rings. The molecule has 3 nitrogen and oxygen atoms in total. The predicted molar refractivity (Wildman–Crippen MR) is 209 cm³/mol. The third-order valence-corrected chi connectivity index (χ3v) is 9.67. The lowest BCUT2D eigenvalue weighted by molar-refractivity contribution is 0.00578. The van der Waals surface area contributed by atoms with Crippen molar-refractivity contribution in [3.05, 3.63) is 0 Å². The van der Waals surface area contributed by atoms with E-state index in [1.165, 1.54) is 4.57 Å². The standard InChI is InChI=1S/C28H12B15NO2/c1-27(2)28(3,4)46-43(45-27)23-18(38)21(41)26(22(42)19(23)39)44-24-7(8-12(32)16(36)17(37)20(40)25(8)44)9(29)5-6(13(24)33)11(31)15(35)14(34)10(5)30/h1-4H3. The minimum absolute atomic E-state index is 0.00445. The number of hydrogen-bond donors (Lipinski definition) is 0. The van der Waals surface area contributed by atoms with Gasteiger partial charge in [0.15, 0.2) is 0 Å². The fourth-order valence-corrected chi connectivity index (χ4v) is 6.31. The Morgan fingerprint density at radius 2 is 0.739 bits per heavy atom. The molecule has 18 heteroatoms. The van der Waals surface area contributed by atoms with E-state index in [1.807, 2.05) is 27.7 Å². The molecule has 5 aromatic rings. The Morgan fingerprint density at radius 1 is 0.391 bits per heavy atom. The zero-order chi connectivity index (χ0) is 34.3. The maximum Gasteiger partial charge on any atom is 0.493 e. The highest BCUT2D eigenvalue weighted by molar-refractivity contribution is 6.78. The molecule has 4 aromatic carbocycles. The molecule has 0 unspecified atom stereocenters. The maximum atomic E-state index is 6.92. The Labute approximate surface area is 288 Å². The van der Waals surface area contributed by atoms with Gasteiger partial charge in [-0.25, -0.2) is 0 Å². The van der Waals surface area contributed by atoms with Crippen LogP contribution in [-0.4, -0.2) is 133 Å². The van der Waals surface area contributed by atoms with Crippen molar-refractivity contribution in [2.45, 2.75) is 38.9 Å². The summed E-state index contributed by atoms with van der Waals surface area (Å²) < 4.78 is 14.0. The summed E-state index contributed by atoms with van der Waals surface area (Å²) in [6, 6.07) is 0. The molecular weight excluding hydrogens is 544 g/mol. The smallest absolute Gasteiger partial charge is 0.399 e. The molecule has 1 aromatic heterocycles. The van der Waals surface area contributed by atoms with Crippen LogP contribution in [0, 0.1) is 0 Å². The minimum Gasteiger partial charge on any atom is -0.399 e. The van der Waals surface area contributed by atoms with Crippen LogP contribution < -0.4 is 81.9 Å². The first kappa shape index (κ1) is 33.7. The van der Waals surface area contributed by atoms with Crippen molar-refractivity contribution in [2.24, 2.45) is 0 Å². The van der Waals surface area contributed by atoms with Crippen molar-refractivity contribution in [3.8, 4) is 5.69 Å². The summed E-state index contributed by atoms with van der Waals surface area (Å²) >= 11 is 0. The zero-order valence-corrected chi connectivity index (χ0v) is 25.9. The molecule has 6 rings (SSSR count). The number of fused-ring (bicyclic) bond motifs is 4.